The van der Waals surface area contributed by atoms with Gasteiger partial charge in [0, 0.05) is 7.05 Å². The van der Waals surface area contributed by atoms with Crippen LogP contribution >= 0.6 is 0 Å². The molecule has 1 unspecified atom stereocenters. The molecule has 96 valence electrons. The van der Waals surface area contributed by atoms with Crippen molar-refractivity contribution in [1.29, 1.82) is 0 Å². The Labute approximate surface area is 105 Å². The predicted octanol–water partition coefficient (Wildman–Crippen LogP) is 1.67. The number of hydrogen-bond donors (Lipinski definition) is 1. The molecule has 0 radical (unpaired) electrons. The third kappa shape index (κ3) is 2.15. The lowest BCUT2D eigenvalue weighted by molar-refractivity contribution is 0.401. The van der Waals surface area contributed by atoms with Crippen molar-refractivity contribution >= 4 is 0 Å². The van der Waals surface area contributed by atoms with Crippen molar-refractivity contribution in [3.05, 3.63) is 18.3 Å². The van der Waals surface area contributed by atoms with Crippen LogP contribution in [0.25, 0.3) is 11.6 Å². The summed E-state index contributed by atoms with van der Waals surface area (Å²) in [5.41, 5.74) is 0.849. The molecule has 3 heterocycles. The molecule has 1 N–H and O–H groups in total. The van der Waals surface area contributed by atoms with Crippen LogP contribution in [0.5, 0.6) is 0 Å². The highest BCUT2D eigenvalue weighted by Crippen LogP contribution is 2.23. The van der Waals surface area contributed by atoms with E-state index in [2.05, 4.69) is 20.4 Å². The predicted molar refractivity (Wildman–Crippen MR) is 65.7 cm³/mol. The topological polar surface area (TPSA) is 68.8 Å². The van der Waals surface area contributed by atoms with Crippen LogP contribution in [0.2, 0.25) is 0 Å². The lowest BCUT2D eigenvalue weighted by Crippen LogP contribution is -2.21. The zero-order chi connectivity index (χ0) is 12.4. The van der Waals surface area contributed by atoms with Crippen LogP contribution in [0, 0.1) is 0 Å². The van der Waals surface area contributed by atoms with Gasteiger partial charge in [-0.3, -0.25) is 0 Å². The molecule has 1 atom stereocenters. The quantitative estimate of drug-likeness (QED) is 0.874. The second kappa shape index (κ2) is 4.89. The Morgan fingerprint density at radius 2 is 2.33 bits per heavy atom. The minimum Gasteiger partial charge on any atom is -0.332 e. The van der Waals surface area contributed by atoms with E-state index in [9.17, 15) is 0 Å². The largest absolute Gasteiger partial charge is 0.332 e. The summed E-state index contributed by atoms with van der Waals surface area (Å²) in [6.45, 7) is 1.03. The fourth-order valence-electron chi connectivity index (χ4n) is 2.29. The van der Waals surface area contributed by atoms with Crippen molar-refractivity contribution in [3.8, 4) is 11.6 Å². The minimum absolute atomic E-state index is 0.221. The van der Waals surface area contributed by atoms with E-state index >= 15 is 0 Å². The smallest absolute Gasteiger partial charge is 0.276 e. The van der Waals surface area contributed by atoms with E-state index in [1.165, 1.54) is 19.3 Å². The zero-order valence-corrected chi connectivity index (χ0v) is 10.5. The average Bonchev–Trinajstić information content (AvgIpc) is 2.91. The molecular weight excluding hydrogens is 230 g/mol. The first kappa shape index (κ1) is 11.4. The van der Waals surface area contributed by atoms with E-state index < -0.39 is 0 Å². The van der Waals surface area contributed by atoms with Gasteiger partial charge in [-0.1, -0.05) is 18.0 Å². The maximum atomic E-state index is 5.32. The first-order valence-electron chi connectivity index (χ1n) is 6.38. The Balaban J connectivity index is 1.82. The van der Waals surface area contributed by atoms with Crippen molar-refractivity contribution in [2.75, 3.05) is 6.54 Å². The first-order valence-corrected chi connectivity index (χ1v) is 6.38. The fraction of sp³-hybridized carbons (Fsp3) is 0.583. The van der Waals surface area contributed by atoms with Crippen molar-refractivity contribution in [2.45, 2.75) is 31.7 Å². The molecule has 3 rings (SSSR count). The molecule has 1 fully saturated rings. The second-order valence-electron chi connectivity index (χ2n) is 4.70. The van der Waals surface area contributed by atoms with Crippen LogP contribution in [0.3, 0.4) is 0 Å². The molecule has 1 aliphatic heterocycles. The van der Waals surface area contributed by atoms with E-state index in [0.717, 1.165) is 24.5 Å². The molecule has 2 aromatic heterocycles. The number of nitrogens with zero attached hydrogens (tertiary/aromatic N) is 4. The van der Waals surface area contributed by atoms with Crippen molar-refractivity contribution < 1.29 is 4.52 Å². The molecule has 0 bridgehead atoms. The molecule has 0 amide bonds. The van der Waals surface area contributed by atoms with Gasteiger partial charge in [0.2, 0.25) is 0 Å². The molecule has 0 aromatic carbocycles. The number of hydrogen-bond acceptors (Lipinski definition) is 5. The van der Waals surface area contributed by atoms with Crippen LogP contribution in [-0.4, -0.2) is 26.2 Å². The maximum absolute atomic E-state index is 5.32. The van der Waals surface area contributed by atoms with Crippen LogP contribution in [-0.2, 0) is 7.05 Å². The van der Waals surface area contributed by atoms with Gasteiger partial charge < -0.3 is 14.4 Å². The Morgan fingerprint density at radius 3 is 3.17 bits per heavy atom. The summed E-state index contributed by atoms with van der Waals surface area (Å²) in [6, 6.07) is 0.221. The molecule has 1 saturated heterocycles. The van der Waals surface area contributed by atoms with E-state index in [4.69, 9.17) is 4.52 Å². The number of aromatic nitrogens is 4. The standard InChI is InChI=1S/C12H17N5O/c1-17-8-13-7-10(17)12-15-11(16-18-12)9-5-3-2-4-6-14-9/h7-9,14H,2-6H2,1H3. The van der Waals surface area contributed by atoms with Gasteiger partial charge in [0.25, 0.3) is 5.89 Å². The highest BCUT2D eigenvalue weighted by atomic mass is 16.5. The van der Waals surface area contributed by atoms with Gasteiger partial charge in [0.1, 0.15) is 5.69 Å². The maximum Gasteiger partial charge on any atom is 0.276 e. The van der Waals surface area contributed by atoms with Gasteiger partial charge in [0.05, 0.1) is 18.6 Å². The summed E-state index contributed by atoms with van der Waals surface area (Å²) in [5, 5.41) is 7.55. The third-order valence-corrected chi connectivity index (χ3v) is 3.35. The molecule has 6 heteroatoms. The highest BCUT2D eigenvalue weighted by molar-refractivity contribution is 5.45. The van der Waals surface area contributed by atoms with Crippen LogP contribution in [0.4, 0.5) is 0 Å². The monoisotopic (exact) mass is 247 g/mol. The van der Waals surface area contributed by atoms with Crippen LogP contribution < -0.4 is 5.32 Å². The summed E-state index contributed by atoms with van der Waals surface area (Å²) < 4.78 is 7.19. The molecule has 18 heavy (non-hydrogen) atoms. The van der Waals surface area contributed by atoms with Gasteiger partial charge in [-0.15, -0.1) is 0 Å². The van der Waals surface area contributed by atoms with Crippen molar-refractivity contribution in [2.24, 2.45) is 7.05 Å². The highest BCUT2D eigenvalue weighted by Gasteiger charge is 2.20. The molecule has 0 saturated carbocycles. The van der Waals surface area contributed by atoms with Crippen LogP contribution in [0.15, 0.2) is 17.0 Å². The molecule has 0 spiro atoms. The lowest BCUT2D eigenvalue weighted by atomic mass is 10.1. The molecular formula is C12H17N5O. The average molecular weight is 247 g/mol. The van der Waals surface area contributed by atoms with Gasteiger partial charge in [-0.05, 0) is 19.4 Å². The zero-order valence-electron chi connectivity index (χ0n) is 10.5. The summed E-state index contributed by atoms with van der Waals surface area (Å²) in [4.78, 5) is 8.53. The summed E-state index contributed by atoms with van der Waals surface area (Å²) >= 11 is 0. The number of rotatable bonds is 2. The SMILES string of the molecule is Cn1cncc1-c1nc(C2CCCCCN2)no1. The van der Waals surface area contributed by atoms with Gasteiger partial charge in [-0.2, -0.15) is 4.98 Å². The van der Waals surface area contributed by atoms with E-state index in [1.807, 2.05) is 11.6 Å². The normalized spacial score (nSPS) is 20.8. The molecule has 6 nitrogen and oxygen atoms in total. The number of imidazole rings is 1. The Kier molecular flexibility index (Phi) is 3.10. The Bertz CT molecular complexity index is 510. The molecule has 0 aliphatic carbocycles. The van der Waals surface area contributed by atoms with Crippen molar-refractivity contribution in [3.63, 3.8) is 0 Å². The third-order valence-electron chi connectivity index (χ3n) is 3.35. The summed E-state index contributed by atoms with van der Waals surface area (Å²) in [5.74, 6) is 1.30. The van der Waals surface area contributed by atoms with E-state index in [-0.39, 0.29) is 6.04 Å². The van der Waals surface area contributed by atoms with Crippen LogP contribution in [0.1, 0.15) is 37.5 Å². The van der Waals surface area contributed by atoms with E-state index in [1.54, 1.807) is 12.5 Å². The van der Waals surface area contributed by atoms with Crippen molar-refractivity contribution in [1.82, 2.24) is 25.0 Å². The van der Waals surface area contributed by atoms with Gasteiger partial charge in [-0.25, -0.2) is 4.98 Å². The summed E-state index contributed by atoms with van der Waals surface area (Å²) in [7, 11) is 1.91. The number of nitrogens with one attached hydrogen (secondary N) is 1. The number of aryl methyl sites for hydroxylation is 1. The Morgan fingerprint density at radius 1 is 1.39 bits per heavy atom. The van der Waals surface area contributed by atoms with E-state index in [0.29, 0.717) is 5.89 Å². The molecule has 2 aromatic rings. The Hall–Kier alpha value is -1.69. The first-order chi connectivity index (χ1) is 8.84. The second-order valence-corrected chi connectivity index (χ2v) is 4.70. The van der Waals surface area contributed by atoms with Gasteiger partial charge in [0.15, 0.2) is 5.82 Å². The lowest BCUT2D eigenvalue weighted by Gasteiger charge is -2.09. The minimum atomic E-state index is 0.221. The molecule has 1 aliphatic rings. The van der Waals surface area contributed by atoms with Gasteiger partial charge >= 0.3 is 0 Å². The summed E-state index contributed by atoms with van der Waals surface area (Å²) in [6.07, 6.45) is 8.25. The fourth-order valence-corrected chi connectivity index (χ4v) is 2.29.